The molecular formula is C15H17ClFN3. The Labute approximate surface area is 122 Å². The Balaban J connectivity index is 2.16. The highest BCUT2D eigenvalue weighted by Crippen LogP contribution is 2.33. The molecule has 0 fully saturated rings. The van der Waals surface area contributed by atoms with Crippen LogP contribution < -0.4 is 5.73 Å². The molecule has 0 amide bonds. The SMILES string of the molecule is CCc1nn(-c2ccc(F)c(Cl)c2)c2c1C(N)CCC2. The Morgan fingerprint density at radius 2 is 2.30 bits per heavy atom. The molecular weight excluding hydrogens is 277 g/mol. The number of fused-ring (bicyclic) bond motifs is 1. The van der Waals surface area contributed by atoms with E-state index in [1.54, 1.807) is 12.1 Å². The topological polar surface area (TPSA) is 43.8 Å². The lowest BCUT2D eigenvalue weighted by molar-refractivity contribution is 0.555. The van der Waals surface area contributed by atoms with Gasteiger partial charge in [0.05, 0.1) is 16.4 Å². The minimum absolute atomic E-state index is 0.0540. The van der Waals surface area contributed by atoms with E-state index >= 15 is 0 Å². The molecule has 0 radical (unpaired) electrons. The van der Waals surface area contributed by atoms with Gasteiger partial charge in [-0.3, -0.25) is 0 Å². The predicted molar refractivity (Wildman–Crippen MR) is 77.8 cm³/mol. The zero-order chi connectivity index (χ0) is 14.3. The van der Waals surface area contributed by atoms with Gasteiger partial charge in [-0.25, -0.2) is 9.07 Å². The molecule has 106 valence electrons. The number of rotatable bonds is 2. The van der Waals surface area contributed by atoms with E-state index in [0.717, 1.165) is 42.8 Å². The van der Waals surface area contributed by atoms with Crippen molar-refractivity contribution in [2.45, 2.75) is 38.6 Å². The van der Waals surface area contributed by atoms with Gasteiger partial charge in [0.25, 0.3) is 0 Å². The third kappa shape index (κ3) is 2.13. The second-order valence-electron chi connectivity index (χ2n) is 5.17. The van der Waals surface area contributed by atoms with E-state index in [2.05, 4.69) is 12.0 Å². The van der Waals surface area contributed by atoms with E-state index in [1.165, 1.54) is 11.6 Å². The van der Waals surface area contributed by atoms with Crippen molar-refractivity contribution in [2.24, 2.45) is 5.73 Å². The van der Waals surface area contributed by atoms with Crippen LogP contribution in [-0.4, -0.2) is 9.78 Å². The molecule has 1 unspecified atom stereocenters. The lowest BCUT2D eigenvalue weighted by Gasteiger charge is -2.20. The van der Waals surface area contributed by atoms with Crippen LogP contribution in [0.3, 0.4) is 0 Å². The molecule has 0 bridgehead atoms. The smallest absolute Gasteiger partial charge is 0.141 e. The Morgan fingerprint density at radius 1 is 1.50 bits per heavy atom. The van der Waals surface area contributed by atoms with Crippen molar-refractivity contribution in [1.82, 2.24) is 9.78 Å². The number of hydrogen-bond donors (Lipinski definition) is 1. The fraction of sp³-hybridized carbons (Fsp3) is 0.400. The molecule has 1 aliphatic carbocycles. The highest BCUT2D eigenvalue weighted by molar-refractivity contribution is 6.30. The van der Waals surface area contributed by atoms with Gasteiger partial charge in [0.1, 0.15) is 5.82 Å². The molecule has 0 aliphatic heterocycles. The van der Waals surface area contributed by atoms with Gasteiger partial charge in [-0.2, -0.15) is 5.10 Å². The van der Waals surface area contributed by atoms with Crippen LogP contribution in [0.2, 0.25) is 5.02 Å². The molecule has 1 aromatic heterocycles. The summed E-state index contributed by atoms with van der Waals surface area (Å²) in [6.45, 7) is 2.08. The average molecular weight is 294 g/mol. The van der Waals surface area contributed by atoms with Gasteiger partial charge in [-0.1, -0.05) is 18.5 Å². The normalized spacial score (nSPS) is 18.1. The third-order valence-electron chi connectivity index (χ3n) is 3.88. The number of hydrogen-bond acceptors (Lipinski definition) is 2. The predicted octanol–water partition coefficient (Wildman–Crippen LogP) is 3.56. The van der Waals surface area contributed by atoms with E-state index in [-0.39, 0.29) is 11.1 Å². The summed E-state index contributed by atoms with van der Waals surface area (Å²) in [7, 11) is 0. The minimum atomic E-state index is -0.413. The zero-order valence-electron chi connectivity index (χ0n) is 11.4. The zero-order valence-corrected chi connectivity index (χ0v) is 12.1. The number of nitrogens with two attached hydrogens (primary N) is 1. The molecule has 3 rings (SSSR count). The Hall–Kier alpha value is -1.39. The fourth-order valence-corrected chi connectivity index (χ4v) is 3.08. The lowest BCUT2D eigenvalue weighted by atomic mass is 9.91. The van der Waals surface area contributed by atoms with Crippen molar-refractivity contribution in [2.75, 3.05) is 0 Å². The maximum Gasteiger partial charge on any atom is 0.141 e. The first-order valence-corrected chi connectivity index (χ1v) is 7.31. The molecule has 5 heteroatoms. The van der Waals surface area contributed by atoms with Crippen molar-refractivity contribution in [3.8, 4) is 5.69 Å². The highest BCUT2D eigenvalue weighted by atomic mass is 35.5. The van der Waals surface area contributed by atoms with E-state index < -0.39 is 5.82 Å². The maximum atomic E-state index is 13.3. The highest BCUT2D eigenvalue weighted by Gasteiger charge is 2.26. The second-order valence-corrected chi connectivity index (χ2v) is 5.58. The number of aryl methyl sites for hydroxylation is 1. The van der Waals surface area contributed by atoms with E-state index in [9.17, 15) is 4.39 Å². The lowest BCUT2D eigenvalue weighted by Crippen LogP contribution is -2.19. The van der Waals surface area contributed by atoms with Gasteiger partial charge >= 0.3 is 0 Å². The second kappa shape index (κ2) is 5.19. The Kier molecular flexibility index (Phi) is 3.52. The molecule has 2 aromatic rings. The van der Waals surface area contributed by atoms with E-state index in [4.69, 9.17) is 17.3 Å². The quantitative estimate of drug-likeness (QED) is 0.920. The summed E-state index contributed by atoms with van der Waals surface area (Å²) in [5, 5.41) is 4.77. The number of nitrogens with zero attached hydrogens (tertiary/aromatic N) is 2. The average Bonchev–Trinajstić information content (AvgIpc) is 2.82. The molecule has 20 heavy (non-hydrogen) atoms. The standard InChI is InChI=1S/C15H17ClFN3/c1-2-13-15-12(18)4-3-5-14(15)20(19-13)9-6-7-11(17)10(16)8-9/h6-8,12H,2-5,18H2,1H3. The first kappa shape index (κ1) is 13.6. The van der Waals surface area contributed by atoms with Gasteiger partial charge in [0.2, 0.25) is 0 Å². The molecule has 0 saturated heterocycles. The monoisotopic (exact) mass is 293 g/mol. The molecule has 1 heterocycles. The summed E-state index contributed by atoms with van der Waals surface area (Å²) in [6.07, 6.45) is 3.84. The van der Waals surface area contributed by atoms with Crippen molar-refractivity contribution in [3.63, 3.8) is 0 Å². The first-order chi connectivity index (χ1) is 9.61. The number of aromatic nitrogens is 2. The Morgan fingerprint density at radius 3 is 3.00 bits per heavy atom. The van der Waals surface area contributed by atoms with E-state index in [1.807, 2.05) is 4.68 Å². The van der Waals surface area contributed by atoms with Crippen LogP contribution in [0.25, 0.3) is 5.69 Å². The summed E-state index contributed by atoms with van der Waals surface area (Å²) >= 11 is 5.88. The van der Waals surface area contributed by atoms with Crippen LogP contribution in [0.5, 0.6) is 0 Å². The van der Waals surface area contributed by atoms with Crippen LogP contribution in [-0.2, 0) is 12.8 Å². The number of halogens is 2. The van der Waals surface area contributed by atoms with E-state index in [0.29, 0.717) is 0 Å². The summed E-state index contributed by atoms with van der Waals surface area (Å²) in [6, 6.07) is 4.75. The van der Waals surface area contributed by atoms with Crippen molar-refractivity contribution >= 4 is 11.6 Å². The van der Waals surface area contributed by atoms with Gasteiger partial charge in [0.15, 0.2) is 0 Å². The molecule has 0 spiro atoms. The maximum absolute atomic E-state index is 13.3. The van der Waals surface area contributed by atoms with Gasteiger partial charge in [-0.15, -0.1) is 0 Å². The summed E-state index contributed by atoms with van der Waals surface area (Å²) in [5.74, 6) is -0.413. The molecule has 0 saturated carbocycles. The van der Waals surface area contributed by atoms with Crippen molar-refractivity contribution in [3.05, 3.63) is 46.0 Å². The van der Waals surface area contributed by atoms with Crippen LogP contribution in [0.1, 0.15) is 42.8 Å². The minimum Gasteiger partial charge on any atom is -0.324 e. The van der Waals surface area contributed by atoms with Crippen LogP contribution in [0, 0.1) is 5.82 Å². The summed E-state index contributed by atoms with van der Waals surface area (Å²) in [4.78, 5) is 0. The van der Waals surface area contributed by atoms with Crippen LogP contribution in [0.4, 0.5) is 4.39 Å². The molecule has 3 nitrogen and oxygen atoms in total. The van der Waals surface area contributed by atoms with Gasteiger partial charge in [0, 0.05) is 17.3 Å². The van der Waals surface area contributed by atoms with Crippen LogP contribution >= 0.6 is 11.6 Å². The molecule has 1 aliphatic rings. The van der Waals surface area contributed by atoms with Gasteiger partial charge in [-0.05, 0) is 43.9 Å². The first-order valence-electron chi connectivity index (χ1n) is 6.93. The summed E-state index contributed by atoms with van der Waals surface area (Å²) in [5.41, 5.74) is 10.4. The largest absolute Gasteiger partial charge is 0.324 e. The molecule has 1 atom stereocenters. The Bertz CT molecular complexity index is 651. The van der Waals surface area contributed by atoms with Crippen LogP contribution in [0.15, 0.2) is 18.2 Å². The van der Waals surface area contributed by atoms with Gasteiger partial charge < -0.3 is 5.73 Å². The summed E-state index contributed by atoms with van der Waals surface area (Å²) < 4.78 is 15.2. The fourth-order valence-electron chi connectivity index (χ4n) is 2.91. The third-order valence-corrected chi connectivity index (χ3v) is 4.17. The molecule has 1 aromatic carbocycles. The molecule has 2 N–H and O–H groups in total. The van der Waals surface area contributed by atoms with Crippen molar-refractivity contribution < 1.29 is 4.39 Å². The van der Waals surface area contributed by atoms with Crippen molar-refractivity contribution in [1.29, 1.82) is 0 Å². The number of benzene rings is 1.